The number of aliphatic hydroxyl groups is 1. The Morgan fingerprint density at radius 1 is 1.40 bits per heavy atom. The fourth-order valence-electron chi connectivity index (χ4n) is 1.64. The van der Waals surface area contributed by atoms with Gasteiger partial charge < -0.3 is 24.1 Å². The Balaban J connectivity index is 2.52. The van der Waals surface area contributed by atoms with E-state index in [1.807, 2.05) is 0 Å². The lowest BCUT2D eigenvalue weighted by Gasteiger charge is -2.08. The van der Waals surface area contributed by atoms with Gasteiger partial charge in [0.2, 0.25) is 0 Å². The summed E-state index contributed by atoms with van der Waals surface area (Å²) in [5, 5.41) is 19.1. The van der Waals surface area contributed by atoms with Crippen LogP contribution < -0.4 is 15.1 Å². The van der Waals surface area contributed by atoms with Gasteiger partial charge in [0.1, 0.15) is 17.9 Å². The van der Waals surface area contributed by atoms with Gasteiger partial charge in [-0.3, -0.25) is 0 Å². The zero-order valence-corrected chi connectivity index (χ0v) is 10.8. The third kappa shape index (κ3) is 2.75. The lowest BCUT2D eigenvalue weighted by atomic mass is 10.2. The van der Waals surface area contributed by atoms with Crippen LogP contribution >= 0.6 is 0 Å². The molecule has 0 fully saturated rings. The molecule has 2 N–H and O–H groups in total. The second-order valence-electron chi connectivity index (χ2n) is 3.88. The van der Waals surface area contributed by atoms with E-state index < -0.39 is 5.63 Å². The zero-order chi connectivity index (χ0) is 14.5. The van der Waals surface area contributed by atoms with Crippen LogP contribution in [0.25, 0.3) is 11.0 Å². The van der Waals surface area contributed by atoms with E-state index in [0.717, 1.165) is 0 Å². The predicted molar refractivity (Wildman–Crippen MR) is 72.2 cm³/mol. The monoisotopic (exact) mass is 278 g/mol. The number of fused-ring (bicyclic) bond motifs is 1. The number of aromatic hydroxyl groups is 1. The highest BCUT2D eigenvalue weighted by Gasteiger charge is 2.15. The van der Waals surface area contributed by atoms with E-state index in [-0.39, 0.29) is 30.3 Å². The SMILES string of the molecule is C/C=C\Oc1c(O)c2cc(OCCO)ccc2oc1=O. The summed E-state index contributed by atoms with van der Waals surface area (Å²) in [6, 6.07) is 4.58. The Labute approximate surface area is 114 Å². The van der Waals surface area contributed by atoms with Crippen LogP contribution in [-0.4, -0.2) is 23.4 Å². The predicted octanol–water partition coefficient (Wildman–Crippen LogP) is 1.78. The summed E-state index contributed by atoms with van der Waals surface area (Å²) < 4.78 is 15.3. The van der Waals surface area contributed by atoms with Gasteiger partial charge in [0.25, 0.3) is 5.75 Å². The summed E-state index contributed by atoms with van der Waals surface area (Å²) in [4.78, 5) is 11.7. The van der Waals surface area contributed by atoms with Crippen LogP contribution in [0, 0.1) is 0 Å². The van der Waals surface area contributed by atoms with Crippen molar-refractivity contribution in [2.24, 2.45) is 0 Å². The van der Waals surface area contributed by atoms with E-state index >= 15 is 0 Å². The smallest absolute Gasteiger partial charge is 0.383 e. The fraction of sp³-hybridized carbons (Fsp3) is 0.214. The maximum atomic E-state index is 11.7. The van der Waals surface area contributed by atoms with Gasteiger partial charge >= 0.3 is 5.63 Å². The first kappa shape index (κ1) is 14.0. The summed E-state index contributed by atoms with van der Waals surface area (Å²) >= 11 is 0. The van der Waals surface area contributed by atoms with Crippen molar-refractivity contribution in [1.29, 1.82) is 0 Å². The molecule has 6 nitrogen and oxygen atoms in total. The molecule has 106 valence electrons. The molecule has 1 aromatic heterocycles. The molecule has 0 atom stereocenters. The Bertz CT molecular complexity index is 686. The number of ether oxygens (including phenoxy) is 2. The van der Waals surface area contributed by atoms with Crippen LogP contribution in [0.15, 0.2) is 39.7 Å². The average Bonchev–Trinajstić information content (AvgIpc) is 2.45. The molecule has 0 aliphatic rings. The third-order valence-corrected chi connectivity index (χ3v) is 2.49. The molecular weight excluding hydrogens is 264 g/mol. The number of benzene rings is 1. The molecule has 0 aliphatic carbocycles. The van der Waals surface area contributed by atoms with Crippen molar-refractivity contribution in [3.63, 3.8) is 0 Å². The molecule has 0 spiro atoms. The van der Waals surface area contributed by atoms with Crippen molar-refractivity contribution in [3.8, 4) is 17.2 Å². The Kier molecular flexibility index (Phi) is 4.27. The van der Waals surface area contributed by atoms with Crippen molar-refractivity contribution in [2.75, 3.05) is 13.2 Å². The molecule has 0 amide bonds. The van der Waals surface area contributed by atoms with Crippen molar-refractivity contribution >= 4 is 11.0 Å². The van der Waals surface area contributed by atoms with Gasteiger partial charge in [0.15, 0.2) is 5.75 Å². The standard InChI is InChI=1S/C14H14O6/c1-2-6-19-13-12(16)10-8-9(18-7-5-15)3-4-11(10)20-14(13)17/h2-4,6,8,15-16H,5,7H2,1H3/b6-2-. The van der Waals surface area contributed by atoms with Gasteiger partial charge in [-0.15, -0.1) is 0 Å². The molecule has 0 radical (unpaired) electrons. The molecule has 1 aromatic carbocycles. The highest BCUT2D eigenvalue weighted by Crippen LogP contribution is 2.33. The Morgan fingerprint density at radius 2 is 2.20 bits per heavy atom. The average molecular weight is 278 g/mol. The van der Waals surface area contributed by atoms with Crippen LogP contribution in [0.1, 0.15) is 6.92 Å². The summed E-state index contributed by atoms with van der Waals surface area (Å²) in [6.45, 7) is 1.72. The van der Waals surface area contributed by atoms with Gasteiger partial charge in [-0.2, -0.15) is 0 Å². The van der Waals surface area contributed by atoms with Gasteiger partial charge in [0.05, 0.1) is 18.3 Å². The molecule has 6 heteroatoms. The van der Waals surface area contributed by atoms with E-state index in [4.69, 9.17) is 19.0 Å². The number of aliphatic hydroxyl groups excluding tert-OH is 1. The first-order chi connectivity index (χ1) is 9.67. The quantitative estimate of drug-likeness (QED) is 0.640. The van der Waals surface area contributed by atoms with Gasteiger partial charge in [-0.05, 0) is 25.1 Å². The van der Waals surface area contributed by atoms with E-state index in [1.54, 1.807) is 19.1 Å². The molecule has 0 saturated heterocycles. The number of allylic oxidation sites excluding steroid dienone is 1. The largest absolute Gasteiger partial charge is 0.504 e. The summed E-state index contributed by atoms with van der Waals surface area (Å²) in [6.07, 6.45) is 2.84. The second-order valence-corrected chi connectivity index (χ2v) is 3.88. The maximum absolute atomic E-state index is 11.7. The van der Waals surface area contributed by atoms with Crippen molar-refractivity contribution < 1.29 is 24.1 Å². The summed E-state index contributed by atoms with van der Waals surface area (Å²) in [7, 11) is 0. The van der Waals surface area contributed by atoms with Crippen LogP contribution in [0.5, 0.6) is 17.2 Å². The number of hydrogen-bond donors (Lipinski definition) is 2. The van der Waals surface area contributed by atoms with Gasteiger partial charge in [-0.25, -0.2) is 4.79 Å². The molecule has 2 rings (SSSR count). The normalized spacial score (nSPS) is 11.1. The lowest BCUT2D eigenvalue weighted by molar-refractivity contribution is 0.201. The molecule has 0 unspecified atom stereocenters. The van der Waals surface area contributed by atoms with Crippen LogP contribution in [0.3, 0.4) is 0 Å². The van der Waals surface area contributed by atoms with Crippen molar-refractivity contribution in [1.82, 2.24) is 0 Å². The highest BCUT2D eigenvalue weighted by molar-refractivity contribution is 5.86. The highest BCUT2D eigenvalue weighted by atomic mass is 16.5. The van der Waals surface area contributed by atoms with E-state index in [9.17, 15) is 9.90 Å². The molecule has 0 aliphatic heterocycles. The molecule has 0 bridgehead atoms. The molecule has 20 heavy (non-hydrogen) atoms. The minimum Gasteiger partial charge on any atom is -0.504 e. The molecular formula is C14H14O6. The zero-order valence-electron chi connectivity index (χ0n) is 10.8. The Hall–Kier alpha value is -2.47. The van der Waals surface area contributed by atoms with Crippen molar-refractivity contribution in [3.05, 3.63) is 41.0 Å². The lowest BCUT2D eigenvalue weighted by Crippen LogP contribution is -2.04. The fourth-order valence-corrected chi connectivity index (χ4v) is 1.64. The third-order valence-electron chi connectivity index (χ3n) is 2.49. The number of rotatable bonds is 5. The number of hydrogen-bond acceptors (Lipinski definition) is 6. The van der Waals surface area contributed by atoms with E-state index in [1.165, 1.54) is 18.4 Å². The topological polar surface area (TPSA) is 89.1 Å². The second kappa shape index (κ2) is 6.12. The van der Waals surface area contributed by atoms with Crippen molar-refractivity contribution in [2.45, 2.75) is 6.92 Å². The van der Waals surface area contributed by atoms with E-state index in [0.29, 0.717) is 11.1 Å². The van der Waals surface area contributed by atoms with E-state index in [2.05, 4.69) is 0 Å². The molecule has 1 heterocycles. The Morgan fingerprint density at radius 3 is 2.90 bits per heavy atom. The summed E-state index contributed by atoms with van der Waals surface area (Å²) in [5.41, 5.74) is -0.547. The van der Waals surface area contributed by atoms with Gasteiger partial charge in [-0.1, -0.05) is 6.08 Å². The summed E-state index contributed by atoms with van der Waals surface area (Å²) in [5.74, 6) is -0.161. The first-order valence-corrected chi connectivity index (χ1v) is 5.98. The molecule has 2 aromatic rings. The maximum Gasteiger partial charge on any atom is 0.383 e. The van der Waals surface area contributed by atoms with Crippen LogP contribution in [0.4, 0.5) is 0 Å². The van der Waals surface area contributed by atoms with Crippen LogP contribution in [-0.2, 0) is 0 Å². The van der Waals surface area contributed by atoms with Gasteiger partial charge in [0, 0.05) is 0 Å². The molecule has 0 saturated carbocycles. The minimum atomic E-state index is -0.767. The minimum absolute atomic E-state index is 0.121. The van der Waals surface area contributed by atoms with Crippen LogP contribution in [0.2, 0.25) is 0 Å². The first-order valence-electron chi connectivity index (χ1n) is 5.98.